The van der Waals surface area contributed by atoms with E-state index in [9.17, 15) is 22.2 Å². The van der Waals surface area contributed by atoms with Gasteiger partial charge in [-0.05, 0) is 66.6 Å². The first kappa shape index (κ1) is 28.3. The van der Waals surface area contributed by atoms with Gasteiger partial charge in [0.1, 0.15) is 15.7 Å². The van der Waals surface area contributed by atoms with E-state index in [1.165, 1.54) is 18.2 Å². The maximum absolute atomic E-state index is 14.7. The van der Waals surface area contributed by atoms with E-state index in [-0.39, 0.29) is 34.6 Å². The number of nitrogens with zero attached hydrogens (tertiary/aromatic N) is 2. The molecule has 0 fully saturated rings. The minimum Gasteiger partial charge on any atom is -0.305 e. The SMILES string of the molecule is CC(C)C1=C(CC(=O)N=S(N)(=O)c2ccc(CN(C)C)cc2F)C(C(C)C)C(C)C(C(F)F)=C1. The number of carbonyl (C=O) groups is 1. The zero-order valence-corrected chi connectivity index (χ0v) is 21.8. The van der Waals surface area contributed by atoms with Gasteiger partial charge in [-0.15, -0.1) is 4.36 Å². The van der Waals surface area contributed by atoms with Crippen molar-refractivity contribution in [1.29, 1.82) is 0 Å². The molecular formula is C25H36F3N3O2S. The third kappa shape index (κ3) is 6.58. The molecule has 5 nitrogen and oxygen atoms in total. The van der Waals surface area contributed by atoms with Crippen LogP contribution in [-0.2, 0) is 21.3 Å². The number of halogens is 3. The first-order chi connectivity index (χ1) is 15.7. The first-order valence-corrected chi connectivity index (χ1v) is 13.0. The van der Waals surface area contributed by atoms with Crippen molar-refractivity contribution in [3.05, 3.63) is 52.4 Å². The summed E-state index contributed by atoms with van der Waals surface area (Å²) in [4.78, 5) is 14.4. The van der Waals surface area contributed by atoms with Crippen molar-refractivity contribution < 1.29 is 22.2 Å². The molecule has 0 aromatic heterocycles. The zero-order chi connectivity index (χ0) is 26.0. The van der Waals surface area contributed by atoms with Gasteiger partial charge in [-0.25, -0.2) is 22.5 Å². The fourth-order valence-electron chi connectivity index (χ4n) is 4.74. The second kappa shape index (κ2) is 11.2. The van der Waals surface area contributed by atoms with Crippen LogP contribution in [0, 0.1) is 29.5 Å². The fraction of sp³-hybridized carbons (Fsp3) is 0.560. The lowest BCUT2D eigenvalue weighted by molar-refractivity contribution is -0.117. The molecule has 0 radical (unpaired) electrons. The van der Waals surface area contributed by atoms with Gasteiger partial charge in [0.2, 0.25) is 0 Å². The predicted octanol–water partition coefficient (Wildman–Crippen LogP) is 5.57. The molecule has 2 N–H and O–H groups in total. The predicted molar refractivity (Wildman–Crippen MR) is 130 cm³/mol. The lowest BCUT2D eigenvalue weighted by Gasteiger charge is -2.37. The molecule has 1 aliphatic rings. The fourth-order valence-corrected chi connectivity index (χ4v) is 5.81. The molecule has 1 amide bonds. The number of benzene rings is 1. The number of hydrogen-bond acceptors (Lipinski definition) is 3. The van der Waals surface area contributed by atoms with Gasteiger partial charge in [0.15, 0.2) is 0 Å². The second-order valence-electron chi connectivity index (χ2n) is 9.87. The third-order valence-corrected chi connectivity index (χ3v) is 7.58. The van der Waals surface area contributed by atoms with Crippen molar-refractivity contribution in [2.45, 2.75) is 58.9 Å². The summed E-state index contributed by atoms with van der Waals surface area (Å²) in [5, 5.41) is 5.84. The molecule has 0 spiro atoms. The van der Waals surface area contributed by atoms with Crippen molar-refractivity contribution in [3.8, 4) is 0 Å². The highest BCUT2D eigenvalue weighted by Crippen LogP contribution is 2.44. The molecular weight excluding hydrogens is 463 g/mol. The average molecular weight is 500 g/mol. The van der Waals surface area contributed by atoms with Crippen LogP contribution < -0.4 is 5.14 Å². The third-order valence-electron chi connectivity index (χ3n) is 6.14. The van der Waals surface area contributed by atoms with Crippen molar-refractivity contribution in [2.75, 3.05) is 14.1 Å². The number of nitrogens with two attached hydrogens (primary N) is 1. The van der Waals surface area contributed by atoms with Gasteiger partial charge in [-0.2, -0.15) is 0 Å². The van der Waals surface area contributed by atoms with Crippen molar-refractivity contribution in [2.24, 2.45) is 33.2 Å². The Bertz CT molecular complexity index is 1100. The Kier molecular flexibility index (Phi) is 9.30. The minimum absolute atomic E-state index is 0.0158. The number of alkyl halides is 2. The standard InChI is InChI=1S/C25H36F3N3O2S/c1-14(2)18-11-19(25(27)28)16(5)24(15(3)4)20(18)12-23(32)30-34(29,33)22-9-8-17(10-21(22)26)13-31(6)7/h8-11,14-16,24-25H,12-13H2,1-7H3,(H2,29,30,32,33). The summed E-state index contributed by atoms with van der Waals surface area (Å²) in [6.45, 7) is 9.81. The maximum atomic E-state index is 14.7. The van der Waals surface area contributed by atoms with Crippen LogP contribution in [0.15, 0.2) is 50.3 Å². The second-order valence-corrected chi connectivity index (χ2v) is 11.6. The lowest BCUT2D eigenvalue weighted by atomic mass is 9.68. The van der Waals surface area contributed by atoms with Gasteiger partial charge in [0, 0.05) is 6.54 Å². The number of amides is 1. The molecule has 1 aliphatic carbocycles. The molecule has 3 atom stereocenters. The van der Waals surface area contributed by atoms with Crippen LogP contribution in [0.3, 0.4) is 0 Å². The van der Waals surface area contributed by atoms with Gasteiger partial charge < -0.3 is 4.90 Å². The zero-order valence-electron chi connectivity index (χ0n) is 20.9. The van der Waals surface area contributed by atoms with Crippen LogP contribution in [0.5, 0.6) is 0 Å². The summed E-state index contributed by atoms with van der Waals surface area (Å²) in [5.41, 5.74) is 2.08. The van der Waals surface area contributed by atoms with Gasteiger partial charge in [0.05, 0.1) is 11.3 Å². The van der Waals surface area contributed by atoms with Crippen LogP contribution in [0.25, 0.3) is 0 Å². The highest BCUT2D eigenvalue weighted by atomic mass is 32.2. The van der Waals surface area contributed by atoms with Gasteiger partial charge in [-0.3, -0.25) is 4.79 Å². The molecule has 0 aliphatic heterocycles. The smallest absolute Gasteiger partial charge is 0.260 e. The largest absolute Gasteiger partial charge is 0.305 e. The molecule has 2 rings (SSSR count). The molecule has 190 valence electrons. The molecule has 9 heteroatoms. The summed E-state index contributed by atoms with van der Waals surface area (Å²) in [6, 6.07) is 4.12. The Labute approximate surface area is 201 Å². The Balaban J connectivity index is 2.48. The molecule has 0 saturated heterocycles. The minimum atomic E-state index is -3.82. The van der Waals surface area contributed by atoms with Crippen LogP contribution in [-0.4, -0.2) is 35.5 Å². The molecule has 3 unspecified atom stereocenters. The summed E-state index contributed by atoms with van der Waals surface area (Å²) >= 11 is 0. The van der Waals surface area contributed by atoms with Crippen LogP contribution >= 0.6 is 0 Å². The lowest BCUT2D eigenvalue weighted by Crippen LogP contribution is -2.30. The van der Waals surface area contributed by atoms with Gasteiger partial charge >= 0.3 is 0 Å². The van der Waals surface area contributed by atoms with Crippen molar-refractivity contribution in [3.63, 3.8) is 0 Å². The van der Waals surface area contributed by atoms with E-state index in [1.807, 2.05) is 46.7 Å². The Morgan fingerprint density at radius 3 is 2.29 bits per heavy atom. The quantitative estimate of drug-likeness (QED) is 0.508. The molecule has 0 saturated carbocycles. The normalized spacial score (nSPS) is 20.9. The monoisotopic (exact) mass is 499 g/mol. The number of rotatable bonds is 8. The molecule has 34 heavy (non-hydrogen) atoms. The molecule has 0 heterocycles. The highest BCUT2D eigenvalue weighted by molar-refractivity contribution is 7.91. The summed E-state index contributed by atoms with van der Waals surface area (Å²) in [5.74, 6) is -2.44. The summed E-state index contributed by atoms with van der Waals surface area (Å²) < 4.78 is 58.8. The van der Waals surface area contributed by atoms with E-state index in [4.69, 9.17) is 5.14 Å². The van der Waals surface area contributed by atoms with Crippen molar-refractivity contribution in [1.82, 2.24) is 4.90 Å². The number of carbonyl (C=O) groups excluding carboxylic acids is 1. The Hall–Kier alpha value is -1.97. The van der Waals surface area contributed by atoms with Crippen LogP contribution in [0.2, 0.25) is 0 Å². The van der Waals surface area contributed by atoms with Crippen LogP contribution in [0.1, 0.15) is 46.6 Å². The molecule has 0 bridgehead atoms. The maximum Gasteiger partial charge on any atom is 0.260 e. The summed E-state index contributed by atoms with van der Waals surface area (Å²) in [6.07, 6.45) is -1.31. The average Bonchev–Trinajstić information content (AvgIpc) is 2.65. The summed E-state index contributed by atoms with van der Waals surface area (Å²) in [7, 11) is -0.150. The highest BCUT2D eigenvalue weighted by Gasteiger charge is 2.37. The van der Waals surface area contributed by atoms with E-state index in [2.05, 4.69) is 4.36 Å². The van der Waals surface area contributed by atoms with Crippen LogP contribution in [0.4, 0.5) is 13.2 Å². The van der Waals surface area contributed by atoms with Gasteiger partial charge in [0.25, 0.3) is 12.3 Å². The van der Waals surface area contributed by atoms with E-state index in [0.717, 1.165) is 0 Å². The first-order valence-electron chi connectivity index (χ1n) is 11.4. The van der Waals surface area contributed by atoms with Gasteiger partial charge in [-0.1, -0.05) is 52.3 Å². The number of allylic oxidation sites excluding steroid dienone is 3. The van der Waals surface area contributed by atoms with E-state index >= 15 is 0 Å². The van der Waals surface area contributed by atoms with E-state index < -0.39 is 34.0 Å². The Morgan fingerprint density at radius 1 is 1.21 bits per heavy atom. The topological polar surface area (TPSA) is 75.8 Å². The van der Waals surface area contributed by atoms with Crippen molar-refractivity contribution >= 4 is 15.8 Å². The molecule has 1 aromatic carbocycles. The number of hydrogen-bond donors (Lipinski definition) is 1. The molecule has 1 aromatic rings. The van der Waals surface area contributed by atoms with E-state index in [1.54, 1.807) is 13.0 Å². The Morgan fingerprint density at radius 2 is 1.82 bits per heavy atom. The van der Waals surface area contributed by atoms with E-state index in [0.29, 0.717) is 23.3 Å².